The maximum absolute atomic E-state index is 12.2. The van der Waals surface area contributed by atoms with E-state index in [9.17, 15) is 13.2 Å². The molecule has 1 aromatic heterocycles. The SMILES string of the molecule is COc1ccccc1/C=N/NS(=O)(=O)c1ccc2[nH]c(=O)oc2c1. The Hall–Kier alpha value is -3.07. The molecule has 0 saturated carbocycles. The van der Waals surface area contributed by atoms with Crippen LogP contribution in [0, 0.1) is 0 Å². The van der Waals surface area contributed by atoms with Gasteiger partial charge in [0.05, 0.1) is 23.7 Å². The number of aromatic amines is 1. The van der Waals surface area contributed by atoms with Crippen molar-refractivity contribution in [2.24, 2.45) is 5.10 Å². The standard InChI is InChI=1S/C15H13N3O5S/c1-22-13-5-3-2-4-10(13)9-16-18-24(20,21)11-6-7-12-14(8-11)23-15(19)17-12/h2-9,18H,1H3,(H,17,19)/b16-9+. The number of methoxy groups -OCH3 is 1. The van der Waals surface area contributed by atoms with Gasteiger partial charge in [0.2, 0.25) is 0 Å². The largest absolute Gasteiger partial charge is 0.496 e. The Morgan fingerprint density at radius 3 is 2.83 bits per heavy atom. The lowest BCUT2D eigenvalue weighted by molar-refractivity contribution is 0.414. The zero-order valence-corrected chi connectivity index (χ0v) is 13.3. The van der Waals surface area contributed by atoms with Crippen molar-refractivity contribution < 1.29 is 17.6 Å². The lowest BCUT2D eigenvalue weighted by Gasteiger charge is -2.04. The minimum Gasteiger partial charge on any atom is -0.496 e. The fourth-order valence-electron chi connectivity index (χ4n) is 2.08. The van der Waals surface area contributed by atoms with Crippen LogP contribution in [0.2, 0.25) is 0 Å². The van der Waals surface area contributed by atoms with Crippen LogP contribution in [0.1, 0.15) is 5.56 Å². The summed E-state index contributed by atoms with van der Waals surface area (Å²) >= 11 is 0. The predicted molar refractivity (Wildman–Crippen MR) is 87.7 cm³/mol. The first kappa shape index (κ1) is 15.8. The molecule has 0 aliphatic rings. The van der Waals surface area contributed by atoms with Gasteiger partial charge in [0.15, 0.2) is 5.58 Å². The van der Waals surface area contributed by atoms with Crippen LogP contribution in [0.25, 0.3) is 11.1 Å². The first-order valence-corrected chi connectivity index (χ1v) is 8.29. The number of hydrazone groups is 1. The maximum atomic E-state index is 12.2. The van der Waals surface area contributed by atoms with E-state index in [0.29, 0.717) is 16.8 Å². The van der Waals surface area contributed by atoms with Gasteiger partial charge in [-0.2, -0.15) is 13.5 Å². The normalized spacial score (nSPS) is 11.9. The van der Waals surface area contributed by atoms with Gasteiger partial charge in [0.1, 0.15) is 5.75 Å². The fraction of sp³-hybridized carbons (Fsp3) is 0.0667. The second-order valence-electron chi connectivity index (χ2n) is 4.77. The summed E-state index contributed by atoms with van der Waals surface area (Å²) in [6, 6.07) is 11.1. The Bertz CT molecular complexity index is 1070. The lowest BCUT2D eigenvalue weighted by atomic mass is 10.2. The van der Waals surface area contributed by atoms with Crippen LogP contribution < -0.4 is 15.3 Å². The highest BCUT2D eigenvalue weighted by atomic mass is 32.2. The van der Waals surface area contributed by atoms with Crippen molar-refractivity contribution in [3.63, 3.8) is 0 Å². The number of ether oxygens (including phenoxy) is 1. The molecule has 0 amide bonds. The van der Waals surface area contributed by atoms with Crippen molar-refractivity contribution >= 4 is 27.3 Å². The number of H-pyrrole nitrogens is 1. The molecular weight excluding hydrogens is 334 g/mol. The summed E-state index contributed by atoms with van der Waals surface area (Å²) in [5, 5.41) is 3.74. The number of para-hydroxylation sites is 1. The van der Waals surface area contributed by atoms with Crippen LogP contribution in [0.15, 0.2) is 61.7 Å². The van der Waals surface area contributed by atoms with Crippen LogP contribution in [0.3, 0.4) is 0 Å². The molecule has 1 heterocycles. The first-order valence-electron chi connectivity index (χ1n) is 6.80. The molecule has 24 heavy (non-hydrogen) atoms. The molecule has 0 aliphatic heterocycles. The number of nitrogens with one attached hydrogen (secondary N) is 2. The maximum Gasteiger partial charge on any atom is 0.417 e. The number of benzene rings is 2. The Kier molecular flexibility index (Phi) is 4.09. The number of aromatic nitrogens is 1. The predicted octanol–water partition coefficient (Wildman–Crippen LogP) is 1.44. The Labute approximate surface area is 136 Å². The summed E-state index contributed by atoms with van der Waals surface area (Å²) in [6.45, 7) is 0. The Morgan fingerprint density at radius 2 is 2.04 bits per heavy atom. The number of hydrogen-bond acceptors (Lipinski definition) is 6. The molecule has 0 saturated heterocycles. The third-order valence-corrected chi connectivity index (χ3v) is 4.44. The quantitative estimate of drug-likeness (QED) is 0.535. The summed E-state index contributed by atoms with van der Waals surface area (Å²) < 4.78 is 34.5. The number of oxazole rings is 1. The molecule has 8 nitrogen and oxygen atoms in total. The molecule has 0 aliphatic carbocycles. The number of hydrogen-bond donors (Lipinski definition) is 2. The van der Waals surface area contributed by atoms with Gasteiger partial charge in [-0.3, -0.25) is 4.98 Å². The first-order chi connectivity index (χ1) is 11.5. The second kappa shape index (κ2) is 6.20. The molecule has 0 spiro atoms. The Balaban J connectivity index is 1.84. The summed E-state index contributed by atoms with van der Waals surface area (Å²) in [7, 11) is -2.39. The van der Waals surface area contributed by atoms with E-state index in [-0.39, 0.29) is 10.5 Å². The number of rotatable bonds is 5. The topological polar surface area (TPSA) is 114 Å². The van der Waals surface area contributed by atoms with Crippen LogP contribution in [0.4, 0.5) is 0 Å². The minimum atomic E-state index is -3.90. The van der Waals surface area contributed by atoms with Gasteiger partial charge in [0, 0.05) is 11.6 Å². The molecule has 0 atom stereocenters. The molecule has 0 unspecified atom stereocenters. The third-order valence-electron chi connectivity index (χ3n) is 3.22. The molecule has 0 bridgehead atoms. The van der Waals surface area contributed by atoms with E-state index in [4.69, 9.17) is 9.15 Å². The average molecular weight is 347 g/mol. The van der Waals surface area contributed by atoms with Gasteiger partial charge in [-0.05, 0) is 24.3 Å². The van der Waals surface area contributed by atoms with Crippen molar-refractivity contribution in [1.82, 2.24) is 9.82 Å². The summed E-state index contributed by atoms with van der Waals surface area (Å²) in [5.41, 5.74) is 1.18. The van der Waals surface area contributed by atoms with E-state index in [0.717, 1.165) is 0 Å². The summed E-state index contributed by atoms with van der Waals surface area (Å²) in [4.78, 5) is 15.6. The second-order valence-corrected chi connectivity index (χ2v) is 6.43. The van der Waals surface area contributed by atoms with E-state index in [1.807, 2.05) is 0 Å². The van der Waals surface area contributed by atoms with E-state index >= 15 is 0 Å². The minimum absolute atomic E-state index is 0.0741. The number of sulfonamides is 1. The molecule has 124 valence electrons. The van der Waals surface area contributed by atoms with Crippen molar-refractivity contribution in [3.05, 3.63) is 58.6 Å². The zero-order chi connectivity index (χ0) is 17.2. The van der Waals surface area contributed by atoms with Crippen molar-refractivity contribution in [1.29, 1.82) is 0 Å². The van der Waals surface area contributed by atoms with Gasteiger partial charge >= 0.3 is 5.76 Å². The molecular formula is C15H13N3O5S. The third kappa shape index (κ3) is 3.15. The van der Waals surface area contributed by atoms with Crippen LogP contribution >= 0.6 is 0 Å². The molecule has 0 fully saturated rings. The molecule has 2 N–H and O–H groups in total. The highest BCUT2D eigenvalue weighted by Crippen LogP contribution is 2.17. The molecule has 0 radical (unpaired) electrons. The van der Waals surface area contributed by atoms with E-state index in [1.54, 1.807) is 24.3 Å². The van der Waals surface area contributed by atoms with E-state index in [2.05, 4.69) is 14.9 Å². The van der Waals surface area contributed by atoms with Gasteiger partial charge in [-0.25, -0.2) is 9.63 Å². The molecule has 3 aromatic rings. The van der Waals surface area contributed by atoms with Gasteiger partial charge in [-0.1, -0.05) is 12.1 Å². The summed E-state index contributed by atoms with van der Waals surface area (Å²) in [5.74, 6) is -0.0855. The van der Waals surface area contributed by atoms with Crippen LogP contribution in [-0.4, -0.2) is 26.7 Å². The summed E-state index contributed by atoms with van der Waals surface area (Å²) in [6.07, 6.45) is 1.34. The monoisotopic (exact) mass is 347 g/mol. The van der Waals surface area contributed by atoms with Crippen LogP contribution in [0.5, 0.6) is 5.75 Å². The van der Waals surface area contributed by atoms with Gasteiger partial charge < -0.3 is 9.15 Å². The van der Waals surface area contributed by atoms with Gasteiger partial charge in [-0.15, -0.1) is 0 Å². The smallest absolute Gasteiger partial charge is 0.417 e. The molecule has 3 rings (SSSR count). The highest BCUT2D eigenvalue weighted by Gasteiger charge is 2.15. The molecule has 9 heteroatoms. The fourth-order valence-corrected chi connectivity index (χ4v) is 2.89. The highest BCUT2D eigenvalue weighted by molar-refractivity contribution is 7.89. The zero-order valence-electron chi connectivity index (χ0n) is 12.5. The van der Waals surface area contributed by atoms with Crippen molar-refractivity contribution in [2.45, 2.75) is 4.90 Å². The Morgan fingerprint density at radius 1 is 1.25 bits per heavy atom. The van der Waals surface area contributed by atoms with E-state index < -0.39 is 15.8 Å². The van der Waals surface area contributed by atoms with Crippen LogP contribution in [-0.2, 0) is 10.0 Å². The number of nitrogens with zero attached hydrogens (tertiary/aromatic N) is 1. The lowest BCUT2D eigenvalue weighted by Crippen LogP contribution is -2.18. The average Bonchev–Trinajstić information content (AvgIpc) is 2.94. The number of fused-ring (bicyclic) bond motifs is 1. The van der Waals surface area contributed by atoms with Crippen molar-refractivity contribution in [2.75, 3.05) is 7.11 Å². The van der Waals surface area contributed by atoms with Crippen molar-refractivity contribution in [3.8, 4) is 5.75 Å². The van der Waals surface area contributed by atoms with Gasteiger partial charge in [0.25, 0.3) is 10.0 Å². The molecule has 2 aromatic carbocycles. The van der Waals surface area contributed by atoms with E-state index in [1.165, 1.54) is 31.5 Å².